The smallest absolute Gasteiger partial charge is 0.0757 e. The Bertz CT molecular complexity index is 462. The van der Waals surface area contributed by atoms with Crippen LogP contribution < -0.4 is 5.73 Å². The molecule has 1 aliphatic heterocycles. The Morgan fingerprint density at radius 1 is 1.45 bits per heavy atom. The number of rotatable bonds is 3. The molecular weight excluding hydrogens is 272 g/mol. The molecule has 20 heavy (non-hydrogen) atoms. The maximum absolute atomic E-state index is 6.26. The zero-order chi connectivity index (χ0) is 14.9. The summed E-state index contributed by atoms with van der Waals surface area (Å²) in [5.41, 5.74) is 7.29. The molecule has 1 saturated heterocycles. The highest BCUT2D eigenvalue weighted by molar-refractivity contribution is 6.30. The van der Waals surface area contributed by atoms with E-state index in [1.165, 1.54) is 5.56 Å². The lowest BCUT2D eigenvalue weighted by atomic mass is 9.95. The van der Waals surface area contributed by atoms with Gasteiger partial charge in [0.05, 0.1) is 11.7 Å². The van der Waals surface area contributed by atoms with Gasteiger partial charge in [0, 0.05) is 30.2 Å². The van der Waals surface area contributed by atoms with E-state index in [1.54, 1.807) is 0 Å². The van der Waals surface area contributed by atoms with Crippen molar-refractivity contribution in [3.8, 4) is 0 Å². The zero-order valence-electron chi connectivity index (χ0n) is 12.8. The minimum atomic E-state index is -0.149. The molecule has 3 nitrogen and oxygen atoms in total. The van der Waals surface area contributed by atoms with Gasteiger partial charge in [0.25, 0.3) is 0 Å². The van der Waals surface area contributed by atoms with E-state index in [2.05, 4.69) is 38.7 Å². The van der Waals surface area contributed by atoms with Gasteiger partial charge >= 0.3 is 0 Å². The summed E-state index contributed by atoms with van der Waals surface area (Å²) in [7, 11) is 0. The van der Waals surface area contributed by atoms with E-state index in [-0.39, 0.29) is 23.8 Å². The van der Waals surface area contributed by atoms with Crippen molar-refractivity contribution in [3.05, 3.63) is 34.9 Å². The molecule has 0 bridgehead atoms. The van der Waals surface area contributed by atoms with Crippen LogP contribution in [0.1, 0.15) is 39.3 Å². The summed E-state index contributed by atoms with van der Waals surface area (Å²) in [5, 5.41) is 0.758. The van der Waals surface area contributed by atoms with Gasteiger partial charge in [0.1, 0.15) is 0 Å². The quantitative estimate of drug-likeness (QED) is 0.931. The van der Waals surface area contributed by atoms with Gasteiger partial charge in [-0.05, 0) is 45.4 Å². The second kappa shape index (κ2) is 6.02. The van der Waals surface area contributed by atoms with Crippen molar-refractivity contribution in [1.82, 2.24) is 4.90 Å². The monoisotopic (exact) mass is 296 g/mol. The SMILES string of the molecule is CC1CN(C(c2cccc(Cl)c2)C(C)N)CC(C)(C)O1. The molecule has 1 heterocycles. The lowest BCUT2D eigenvalue weighted by Crippen LogP contribution is -2.55. The summed E-state index contributed by atoms with van der Waals surface area (Å²) in [6, 6.07) is 8.21. The minimum Gasteiger partial charge on any atom is -0.370 e. The average molecular weight is 297 g/mol. The van der Waals surface area contributed by atoms with Gasteiger partial charge < -0.3 is 10.5 Å². The normalized spacial score (nSPS) is 26.2. The topological polar surface area (TPSA) is 38.5 Å². The Labute approximate surface area is 127 Å². The van der Waals surface area contributed by atoms with Gasteiger partial charge in [0.15, 0.2) is 0 Å². The highest BCUT2D eigenvalue weighted by Gasteiger charge is 2.36. The maximum Gasteiger partial charge on any atom is 0.0757 e. The van der Waals surface area contributed by atoms with Crippen LogP contribution in [-0.4, -0.2) is 35.7 Å². The largest absolute Gasteiger partial charge is 0.370 e. The second-order valence-electron chi connectivity index (χ2n) is 6.48. The second-order valence-corrected chi connectivity index (χ2v) is 6.91. The first-order valence-electron chi connectivity index (χ1n) is 7.21. The Hall–Kier alpha value is -0.610. The molecule has 2 N–H and O–H groups in total. The first-order chi connectivity index (χ1) is 9.28. The molecule has 4 heteroatoms. The predicted octanol–water partition coefficient (Wildman–Crippen LogP) is 3.23. The number of hydrogen-bond acceptors (Lipinski definition) is 3. The van der Waals surface area contributed by atoms with Crippen molar-refractivity contribution in [1.29, 1.82) is 0 Å². The number of halogens is 1. The van der Waals surface area contributed by atoms with Crippen molar-refractivity contribution in [3.63, 3.8) is 0 Å². The highest BCUT2D eigenvalue weighted by atomic mass is 35.5. The van der Waals surface area contributed by atoms with Gasteiger partial charge in [0.2, 0.25) is 0 Å². The summed E-state index contributed by atoms with van der Waals surface area (Å²) < 4.78 is 5.98. The van der Waals surface area contributed by atoms with Crippen molar-refractivity contribution in [2.45, 2.75) is 51.5 Å². The van der Waals surface area contributed by atoms with Gasteiger partial charge in [-0.2, -0.15) is 0 Å². The van der Waals surface area contributed by atoms with Gasteiger partial charge in [-0.15, -0.1) is 0 Å². The summed E-state index contributed by atoms with van der Waals surface area (Å²) in [5.74, 6) is 0. The molecule has 3 atom stereocenters. The predicted molar refractivity (Wildman–Crippen MR) is 84.0 cm³/mol. The lowest BCUT2D eigenvalue weighted by molar-refractivity contribution is -0.139. The van der Waals surface area contributed by atoms with Crippen molar-refractivity contribution < 1.29 is 4.74 Å². The van der Waals surface area contributed by atoms with Crippen molar-refractivity contribution in [2.75, 3.05) is 13.1 Å². The summed E-state index contributed by atoms with van der Waals surface area (Å²) in [6.45, 7) is 10.2. The average Bonchev–Trinajstić information content (AvgIpc) is 2.25. The Balaban J connectivity index is 2.29. The van der Waals surface area contributed by atoms with Gasteiger partial charge in [-0.3, -0.25) is 4.90 Å². The number of hydrogen-bond donors (Lipinski definition) is 1. The molecule has 0 aliphatic carbocycles. The van der Waals surface area contributed by atoms with E-state index in [1.807, 2.05) is 18.2 Å². The number of nitrogens with two attached hydrogens (primary N) is 1. The van der Waals surface area contributed by atoms with E-state index in [4.69, 9.17) is 22.1 Å². The molecule has 3 unspecified atom stereocenters. The molecule has 1 aromatic rings. The number of morpholine rings is 1. The molecule has 0 spiro atoms. The molecular formula is C16H25ClN2O. The molecule has 0 aromatic heterocycles. The molecule has 0 amide bonds. The van der Waals surface area contributed by atoms with Crippen LogP contribution in [-0.2, 0) is 4.74 Å². The van der Waals surface area contributed by atoms with Crippen LogP contribution in [0, 0.1) is 0 Å². The molecule has 2 rings (SSSR count). The Morgan fingerprint density at radius 2 is 2.15 bits per heavy atom. The van der Waals surface area contributed by atoms with Crippen LogP contribution in [0.15, 0.2) is 24.3 Å². The van der Waals surface area contributed by atoms with E-state index < -0.39 is 0 Å². The van der Waals surface area contributed by atoms with Gasteiger partial charge in [-0.1, -0.05) is 23.7 Å². The summed E-state index contributed by atoms with van der Waals surface area (Å²) >= 11 is 6.13. The van der Waals surface area contributed by atoms with Crippen LogP contribution in [0.3, 0.4) is 0 Å². The lowest BCUT2D eigenvalue weighted by Gasteiger charge is -2.46. The third-order valence-corrected chi connectivity index (χ3v) is 3.91. The number of ether oxygens (including phenoxy) is 1. The Kier molecular flexibility index (Phi) is 4.75. The molecule has 0 radical (unpaired) electrons. The molecule has 0 saturated carbocycles. The number of nitrogens with zero attached hydrogens (tertiary/aromatic N) is 1. The first-order valence-corrected chi connectivity index (χ1v) is 7.59. The third-order valence-electron chi connectivity index (χ3n) is 3.68. The fourth-order valence-corrected chi connectivity index (χ4v) is 3.45. The van der Waals surface area contributed by atoms with E-state index in [0.29, 0.717) is 0 Å². The van der Waals surface area contributed by atoms with Crippen molar-refractivity contribution >= 4 is 11.6 Å². The van der Waals surface area contributed by atoms with Crippen LogP contribution >= 0.6 is 11.6 Å². The fraction of sp³-hybridized carbons (Fsp3) is 0.625. The molecule has 1 aliphatic rings. The van der Waals surface area contributed by atoms with E-state index >= 15 is 0 Å². The highest BCUT2D eigenvalue weighted by Crippen LogP contribution is 2.31. The van der Waals surface area contributed by atoms with Crippen LogP contribution in [0.5, 0.6) is 0 Å². The Morgan fingerprint density at radius 3 is 2.70 bits per heavy atom. The van der Waals surface area contributed by atoms with Crippen LogP contribution in [0.25, 0.3) is 0 Å². The van der Waals surface area contributed by atoms with E-state index in [0.717, 1.165) is 18.1 Å². The maximum atomic E-state index is 6.26. The third kappa shape index (κ3) is 3.73. The number of benzene rings is 1. The summed E-state index contributed by atoms with van der Waals surface area (Å²) in [6.07, 6.45) is 0.208. The molecule has 112 valence electrons. The minimum absolute atomic E-state index is 0.0366. The molecule has 1 aromatic carbocycles. The first kappa shape index (κ1) is 15.8. The standard InChI is InChI=1S/C16H25ClN2O/c1-11-9-19(10-16(3,4)20-11)15(12(2)18)13-6-5-7-14(17)8-13/h5-8,11-12,15H,9-10,18H2,1-4H3. The molecule has 1 fully saturated rings. The zero-order valence-corrected chi connectivity index (χ0v) is 13.5. The van der Waals surface area contributed by atoms with Crippen molar-refractivity contribution in [2.24, 2.45) is 5.73 Å². The van der Waals surface area contributed by atoms with Crippen LogP contribution in [0.2, 0.25) is 5.02 Å². The van der Waals surface area contributed by atoms with E-state index in [9.17, 15) is 0 Å². The summed E-state index contributed by atoms with van der Waals surface area (Å²) in [4.78, 5) is 2.42. The fourth-order valence-electron chi connectivity index (χ4n) is 3.25. The van der Waals surface area contributed by atoms with Gasteiger partial charge in [-0.25, -0.2) is 0 Å². The van der Waals surface area contributed by atoms with Crippen LogP contribution in [0.4, 0.5) is 0 Å².